The minimum absolute atomic E-state index is 0.484. The minimum atomic E-state index is 0.484. The van der Waals surface area contributed by atoms with Gasteiger partial charge in [0.25, 0.3) is 0 Å². The van der Waals surface area contributed by atoms with E-state index in [1.807, 2.05) is 12.1 Å². The van der Waals surface area contributed by atoms with Gasteiger partial charge in [-0.1, -0.05) is 6.07 Å². The van der Waals surface area contributed by atoms with Crippen molar-refractivity contribution < 1.29 is 14.3 Å². The molecule has 0 bridgehead atoms. The van der Waals surface area contributed by atoms with E-state index < -0.39 is 0 Å². The van der Waals surface area contributed by atoms with Gasteiger partial charge in [-0.05, 0) is 34.0 Å². The third kappa shape index (κ3) is 2.25. The molecule has 0 atom stereocenters. The number of nitrogens with two attached hydrogens (primary N) is 1. The van der Waals surface area contributed by atoms with Crippen LogP contribution in [0.4, 0.5) is 0 Å². The molecule has 1 aromatic rings. The Bertz CT molecular complexity index is 357. The molecule has 0 saturated carbocycles. The monoisotopic (exact) mass is 273 g/mol. The average Bonchev–Trinajstić information content (AvgIpc) is 2.29. The maximum Gasteiger partial charge on any atom is 0.175 e. The van der Waals surface area contributed by atoms with Gasteiger partial charge in [-0.2, -0.15) is 0 Å². The molecule has 1 aliphatic rings. The van der Waals surface area contributed by atoms with Gasteiger partial charge in [0.1, 0.15) is 13.2 Å². The summed E-state index contributed by atoms with van der Waals surface area (Å²) in [6, 6.07) is 3.89. The fourth-order valence-electron chi connectivity index (χ4n) is 1.48. The Kier molecular flexibility index (Phi) is 3.45. The lowest BCUT2D eigenvalue weighted by Gasteiger charge is -2.20. The van der Waals surface area contributed by atoms with Crippen molar-refractivity contribution in [2.24, 2.45) is 5.90 Å². The maximum atomic E-state index is 5.53. The number of ether oxygens (including phenoxy) is 2. The first-order valence-corrected chi connectivity index (χ1v) is 5.51. The van der Waals surface area contributed by atoms with Crippen LogP contribution in [-0.2, 0) is 11.3 Å². The molecule has 0 saturated heterocycles. The highest BCUT2D eigenvalue weighted by Gasteiger charge is 2.17. The summed E-state index contributed by atoms with van der Waals surface area (Å²) in [7, 11) is 0. The third-order valence-corrected chi connectivity index (χ3v) is 3.09. The number of hydrogen-bond donors (Lipinski definition) is 1. The zero-order chi connectivity index (χ0) is 10.7. The number of benzene rings is 1. The first-order chi connectivity index (χ1) is 7.33. The zero-order valence-electron chi connectivity index (χ0n) is 8.16. The Morgan fingerprint density at radius 1 is 1.33 bits per heavy atom. The molecule has 0 spiro atoms. The molecule has 0 radical (unpaired) electrons. The standard InChI is InChI=1S/C10H12BrNO3/c11-9-7(3-4-15-12)1-2-8-10(9)14-6-5-13-8/h1-2H,3-6,12H2. The van der Waals surface area contributed by atoms with Crippen LogP contribution in [0.2, 0.25) is 0 Å². The van der Waals surface area contributed by atoms with E-state index in [9.17, 15) is 0 Å². The number of halogens is 1. The second-order valence-corrected chi connectivity index (χ2v) is 3.98. The predicted octanol–water partition coefficient (Wildman–Crippen LogP) is 1.65. The molecule has 2 rings (SSSR count). The molecule has 1 heterocycles. The highest BCUT2D eigenvalue weighted by molar-refractivity contribution is 9.10. The van der Waals surface area contributed by atoms with Crippen LogP contribution >= 0.6 is 15.9 Å². The molecule has 1 aliphatic heterocycles. The summed E-state index contributed by atoms with van der Waals surface area (Å²) in [5, 5.41) is 0. The number of hydrogen-bond acceptors (Lipinski definition) is 4. The second-order valence-electron chi connectivity index (χ2n) is 3.18. The summed E-state index contributed by atoms with van der Waals surface area (Å²) in [6.45, 7) is 1.67. The summed E-state index contributed by atoms with van der Waals surface area (Å²) in [5.41, 5.74) is 1.10. The summed E-state index contributed by atoms with van der Waals surface area (Å²) in [6.07, 6.45) is 0.744. The van der Waals surface area contributed by atoms with Gasteiger partial charge < -0.3 is 14.3 Å². The van der Waals surface area contributed by atoms with Crippen molar-refractivity contribution in [3.05, 3.63) is 22.2 Å². The van der Waals surface area contributed by atoms with Gasteiger partial charge in [0.2, 0.25) is 0 Å². The predicted molar refractivity (Wildman–Crippen MR) is 59.0 cm³/mol. The lowest BCUT2D eigenvalue weighted by atomic mass is 10.1. The van der Waals surface area contributed by atoms with Crippen LogP contribution in [0.25, 0.3) is 0 Å². The van der Waals surface area contributed by atoms with Crippen molar-refractivity contribution in [2.45, 2.75) is 6.42 Å². The van der Waals surface area contributed by atoms with Gasteiger partial charge in [-0.3, -0.25) is 0 Å². The summed E-state index contributed by atoms with van der Waals surface area (Å²) < 4.78 is 11.9. The van der Waals surface area contributed by atoms with Crippen LogP contribution in [0, 0.1) is 0 Å². The van der Waals surface area contributed by atoms with E-state index in [-0.39, 0.29) is 0 Å². The molecule has 1 aromatic carbocycles. The maximum absolute atomic E-state index is 5.53. The zero-order valence-corrected chi connectivity index (χ0v) is 9.75. The summed E-state index contributed by atoms with van der Waals surface area (Å²) in [4.78, 5) is 4.55. The quantitative estimate of drug-likeness (QED) is 0.851. The van der Waals surface area contributed by atoms with Crippen molar-refractivity contribution in [2.75, 3.05) is 19.8 Å². The van der Waals surface area contributed by atoms with Crippen molar-refractivity contribution in [3.8, 4) is 11.5 Å². The Morgan fingerprint density at radius 2 is 2.13 bits per heavy atom. The van der Waals surface area contributed by atoms with Crippen molar-refractivity contribution >= 4 is 15.9 Å². The van der Waals surface area contributed by atoms with E-state index in [1.54, 1.807) is 0 Å². The van der Waals surface area contributed by atoms with Gasteiger partial charge in [0, 0.05) is 0 Å². The Morgan fingerprint density at radius 3 is 2.93 bits per heavy atom. The fourth-order valence-corrected chi connectivity index (χ4v) is 2.12. The Hall–Kier alpha value is -0.780. The number of fused-ring (bicyclic) bond motifs is 1. The van der Waals surface area contributed by atoms with Crippen molar-refractivity contribution in [1.82, 2.24) is 0 Å². The highest BCUT2D eigenvalue weighted by atomic mass is 79.9. The SMILES string of the molecule is NOCCc1ccc2c(c1Br)OCCO2. The molecule has 0 aliphatic carbocycles. The summed E-state index contributed by atoms with van der Waals surface area (Å²) in [5.74, 6) is 6.55. The van der Waals surface area contributed by atoms with Crippen LogP contribution in [0.1, 0.15) is 5.56 Å². The van der Waals surface area contributed by atoms with Crippen LogP contribution in [0.15, 0.2) is 16.6 Å². The lowest BCUT2D eigenvalue weighted by molar-refractivity contribution is 0.140. The molecular weight excluding hydrogens is 262 g/mol. The third-order valence-electron chi connectivity index (χ3n) is 2.22. The van der Waals surface area contributed by atoms with E-state index >= 15 is 0 Å². The van der Waals surface area contributed by atoms with Crippen LogP contribution in [0.5, 0.6) is 11.5 Å². The highest BCUT2D eigenvalue weighted by Crippen LogP contribution is 2.39. The molecular formula is C10H12BrNO3. The first-order valence-electron chi connectivity index (χ1n) is 4.71. The van der Waals surface area contributed by atoms with Crippen LogP contribution < -0.4 is 15.4 Å². The molecule has 0 amide bonds. The molecule has 0 fully saturated rings. The molecule has 82 valence electrons. The van der Waals surface area contributed by atoms with E-state index in [0.717, 1.165) is 28.0 Å². The average molecular weight is 274 g/mol. The molecule has 0 unspecified atom stereocenters. The van der Waals surface area contributed by atoms with Gasteiger partial charge in [-0.25, -0.2) is 5.90 Å². The van der Waals surface area contributed by atoms with Crippen LogP contribution in [0.3, 0.4) is 0 Å². The van der Waals surface area contributed by atoms with Crippen molar-refractivity contribution in [3.63, 3.8) is 0 Å². The van der Waals surface area contributed by atoms with Gasteiger partial charge >= 0.3 is 0 Å². The molecule has 4 nitrogen and oxygen atoms in total. The van der Waals surface area contributed by atoms with E-state index in [1.165, 1.54) is 0 Å². The molecule has 2 N–H and O–H groups in total. The van der Waals surface area contributed by atoms with Gasteiger partial charge in [-0.15, -0.1) is 0 Å². The van der Waals surface area contributed by atoms with Gasteiger partial charge in [0.05, 0.1) is 11.1 Å². The lowest BCUT2D eigenvalue weighted by Crippen LogP contribution is -2.16. The molecule has 0 aromatic heterocycles. The van der Waals surface area contributed by atoms with Gasteiger partial charge in [0.15, 0.2) is 11.5 Å². The minimum Gasteiger partial charge on any atom is -0.486 e. The van der Waals surface area contributed by atoms with Crippen molar-refractivity contribution in [1.29, 1.82) is 0 Å². The van der Waals surface area contributed by atoms with E-state index in [4.69, 9.17) is 15.4 Å². The first kappa shape index (κ1) is 10.7. The Balaban J connectivity index is 2.26. The number of rotatable bonds is 3. The second kappa shape index (κ2) is 4.83. The summed E-state index contributed by atoms with van der Waals surface area (Å²) >= 11 is 3.50. The van der Waals surface area contributed by atoms with E-state index in [2.05, 4.69) is 20.8 Å². The molecule has 5 heteroatoms. The largest absolute Gasteiger partial charge is 0.486 e. The normalized spacial score (nSPS) is 14.0. The van der Waals surface area contributed by atoms with Crippen LogP contribution in [-0.4, -0.2) is 19.8 Å². The smallest absolute Gasteiger partial charge is 0.175 e. The molecule has 15 heavy (non-hydrogen) atoms. The van der Waals surface area contributed by atoms with E-state index in [0.29, 0.717) is 19.8 Å². The fraction of sp³-hybridized carbons (Fsp3) is 0.400. The topological polar surface area (TPSA) is 53.7 Å². The Labute approximate surface area is 96.4 Å².